The van der Waals surface area contributed by atoms with Crippen LogP contribution in [0.4, 0.5) is 15.8 Å². The topological polar surface area (TPSA) is 128 Å². The molecule has 0 atom stereocenters. The number of furan rings is 1. The van der Waals surface area contributed by atoms with E-state index in [9.17, 15) is 19.7 Å². The predicted molar refractivity (Wildman–Crippen MR) is 86.6 cm³/mol. The number of hydrogen-bond acceptors (Lipinski definition) is 8. The summed E-state index contributed by atoms with van der Waals surface area (Å²) in [6.07, 6.45) is 0.183. The van der Waals surface area contributed by atoms with E-state index >= 15 is 0 Å². The van der Waals surface area contributed by atoms with Crippen LogP contribution in [-0.2, 0) is 17.7 Å². The second-order valence-corrected chi connectivity index (χ2v) is 6.19. The van der Waals surface area contributed by atoms with Gasteiger partial charge in [-0.25, -0.2) is 9.78 Å². The second kappa shape index (κ2) is 6.89. The number of thiazole rings is 1. The second-order valence-electron chi connectivity index (χ2n) is 5.11. The minimum absolute atomic E-state index is 0.173. The molecule has 2 amide bonds. The Bertz CT molecular complexity index is 829. The molecule has 1 aliphatic heterocycles. The van der Waals surface area contributed by atoms with Crippen molar-refractivity contribution in [1.82, 2.24) is 9.88 Å². The van der Waals surface area contributed by atoms with Crippen LogP contribution in [-0.4, -0.2) is 40.0 Å². The maximum atomic E-state index is 12.1. The van der Waals surface area contributed by atoms with Gasteiger partial charge < -0.3 is 14.1 Å². The van der Waals surface area contributed by atoms with Crippen molar-refractivity contribution in [2.24, 2.45) is 0 Å². The molecular formula is C14H14N4O6S. The summed E-state index contributed by atoms with van der Waals surface area (Å²) in [5.41, 5.74) is 0.811. The van der Waals surface area contributed by atoms with Crippen molar-refractivity contribution in [3.63, 3.8) is 0 Å². The lowest BCUT2D eigenvalue weighted by atomic mass is 10.2. The standard InChI is InChI=1S/C14H14N4O6S/c1-2-23-14(20)17-6-5-8-10(7-17)25-13(15-8)16-12(19)9-3-4-11(24-9)18(21)22/h3-4H,2,5-7H2,1H3,(H,15,16,19). The molecule has 3 rings (SSSR count). The SMILES string of the molecule is CCOC(=O)N1CCc2nc(NC(=O)c3ccc([N+](=O)[O-])o3)sc2C1. The normalized spacial score (nSPS) is 13.2. The Hall–Kier alpha value is -2.95. The highest BCUT2D eigenvalue weighted by Crippen LogP contribution is 2.29. The van der Waals surface area contributed by atoms with Gasteiger partial charge in [-0.15, -0.1) is 0 Å². The molecule has 11 heteroatoms. The molecule has 3 heterocycles. The van der Waals surface area contributed by atoms with Gasteiger partial charge in [0.25, 0.3) is 5.91 Å². The molecule has 0 saturated carbocycles. The Morgan fingerprint density at radius 2 is 2.32 bits per heavy atom. The van der Waals surface area contributed by atoms with E-state index in [-0.39, 0.29) is 11.9 Å². The third-order valence-electron chi connectivity index (χ3n) is 3.47. The van der Waals surface area contributed by atoms with Crippen molar-refractivity contribution < 1.29 is 23.7 Å². The van der Waals surface area contributed by atoms with Crippen molar-refractivity contribution in [1.29, 1.82) is 0 Å². The summed E-state index contributed by atoms with van der Waals surface area (Å²) in [6, 6.07) is 2.34. The first-order valence-electron chi connectivity index (χ1n) is 7.43. The average Bonchev–Trinajstić information content (AvgIpc) is 3.20. The molecule has 0 spiro atoms. The number of ether oxygens (including phenoxy) is 1. The quantitative estimate of drug-likeness (QED) is 0.650. The Morgan fingerprint density at radius 3 is 3.00 bits per heavy atom. The van der Waals surface area contributed by atoms with Gasteiger partial charge in [0, 0.05) is 17.8 Å². The number of anilines is 1. The lowest BCUT2D eigenvalue weighted by Gasteiger charge is -2.24. The fourth-order valence-electron chi connectivity index (χ4n) is 2.33. The van der Waals surface area contributed by atoms with Crippen LogP contribution in [0, 0.1) is 10.1 Å². The maximum absolute atomic E-state index is 12.1. The van der Waals surface area contributed by atoms with E-state index < -0.39 is 16.7 Å². The highest BCUT2D eigenvalue weighted by atomic mass is 32.1. The Balaban J connectivity index is 1.68. The molecule has 25 heavy (non-hydrogen) atoms. The molecule has 1 N–H and O–H groups in total. The number of carbonyl (C=O) groups excluding carboxylic acids is 2. The van der Waals surface area contributed by atoms with Gasteiger partial charge in [-0.05, 0) is 13.0 Å². The molecule has 0 aromatic carbocycles. The van der Waals surface area contributed by atoms with Gasteiger partial charge >= 0.3 is 12.0 Å². The molecule has 0 bridgehead atoms. The fraction of sp³-hybridized carbons (Fsp3) is 0.357. The molecule has 0 saturated heterocycles. The van der Waals surface area contributed by atoms with Crippen LogP contribution in [0.15, 0.2) is 16.5 Å². The monoisotopic (exact) mass is 366 g/mol. The Labute approximate surface area is 145 Å². The van der Waals surface area contributed by atoms with E-state index in [0.29, 0.717) is 31.2 Å². The van der Waals surface area contributed by atoms with E-state index in [1.54, 1.807) is 11.8 Å². The zero-order valence-electron chi connectivity index (χ0n) is 13.2. The van der Waals surface area contributed by atoms with Crippen LogP contribution in [0.25, 0.3) is 0 Å². The fourth-order valence-corrected chi connectivity index (χ4v) is 3.34. The van der Waals surface area contributed by atoms with Gasteiger partial charge in [0.2, 0.25) is 0 Å². The number of nitrogens with one attached hydrogen (secondary N) is 1. The van der Waals surface area contributed by atoms with Gasteiger partial charge in [0.15, 0.2) is 10.9 Å². The van der Waals surface area contributed by atoms with Gasteiger partial charge in [-0.3, -0.25) is 20.2 Å². The smallest absolute Gasteiger partial charge is 0.433 e. The van der Waals surface area contributed by atoms with Crippen molar-refractivity contribution >= 4 is 34.4 Å². The van der Waals surface area contributed by atoms with Crippen LogP contribution in [0.2, 0.25) is 0 Å². The summed E-state index contributed by atoms with van der Waals surface area (Å²) in [5.74, 6) is -1.30. The molecule has 0 aliphatic carbocycles. The maximum Gasteiger partial charge on any atom is 0.433 e. The summed E-state index contributed by atoms with van der Waals surface area (Å²) in [6.45, 7) is 2.91. The first-order chi connectivity index (χ1) is 12.0. The Morgan fingerprint density at radius 1 is 1.52 bits per heavy atom. The number of hydrogen-bond donors (Lipinski definition) is 1. The number of rotatable bonds is 4. The molecule has 1 aliphatic rings. The molecule has 2 aromatic rings. The number of fused-ring (bicyclic) bond motifs is 1. The highest BCUT2D eigenvalue weighted by Gasteiger charge is 2.26. The summed E-state index contributed by atoms with van der Waals surface area (Å²) in [5, 5.41) is 13.5. The van der Waals surface area contributed by atoms with Gasteiger partial charge in [0.1, 0.15) is 4.92 Å². The molecule has 0 unspecified atom stereocenters. The molecule has 10 nitrogen and oxygen atoms in total. The first kappa shape index (κ1) is 16.9. The highest BCUT2D eigenvalue weighted by molar-refractivity contribution is 7.15. The third-order valence-corrected chi connectivity index (χ3v) is 4.47. The van der Waals surface area contributed by atoms with Gasteiger partial charge in [-0.2, -0.15) is 0 Å². The number of carbonyl (C=O) groups is 2. The van der Waals surface area contributed by atoms with Crippen LogP contribution < -0.4 is 5.32 Å². The molecule has 2 aromatic heterocycles. The minimum atomic E-state index is -0.719. The van der Waals surface area contributed by atoms with Crippen LogP contribution in [0.5, 0.6) is 0 Å². The van der Waals surface area contributed by atoms with E-state index in [2.05, 4.69) is 10.3 Å². The molecular weight excluding hydrogens is 352 g/mol. The lowest BCUT2D eigenvalue weighted by molar-refractivity contribution is -0.402. The van der Waals surface area contributed by atoms with Crippen LogP contribution >= 0.6 is 11.3 Å². The lowest BCUT2D eigenvalue weighted by Crippen LogP contribution is -2.35. The third kappa shape index (κ3) is 3.60. The molecule has 132 valence electrons. The molecule has 0 radical (unpaired) electrons. The van der Waals surface area contributed by atoms with Crippen molar-refractivity contribution in [3.05, 3.63) is 38.6 Å². The van der Waals surface area contributed by atoms with Crippen LogP contribution in [0.1, 0.15) is 28.0 Å². The summed E-state index contributed by atoms with van der Waals surface area (Å²) in [4.78, 5) is 40.5. The molecule has 0 fully saturated rings. The summed E-state index contributed by atoms with van der Waals surface area (Å²) < 4.78 is 9.83. The summed E-state index contributed by atoms with van der Waals surface area (Å²) in [7, 11) is 0. The Kier molecular flexibility index (Phi) is 4.65. The zero-order chi connectivity index (χ0) is 18.0. The van der Waals surface area contributed by atoms with Gasteiger partial charge in [-0.1, -0.05) is 11.3 Å². The number of aromatic nitrogens is 1. The average molecular weight is 366 g/mol. The largest absolute Gasteiger partial charge is 0.450 e. The van der Waals surface area contributed by atoms with E-state index in [4.69, 9.17) is 9.15 Å². The van der Waals surface area contributed by atoms with E-state index in [1.807, 2.05) is 0 Å². The number of amides is 2. The minimum Gasteiger partial charge on any atom is -0.450 e. The van der Waals surface area contributed by atoms with E-state index in [1.165, 1.54) is 17.4 Å². The van der Waals surface area contributed by atoms with Crippen LogP contribution in [0.3, 0.4) is 0 Å². The van der Waals surface area contributed by atoms with Gasteiger partial charge in [0.05, 0.1) is 24.9 Å². The van der Waals surface area contributed by atoms with Crippen molar-refractivity contribution in [2.45, 2.75) is 19.9 Å². The van der Waals surface area contributed by atoms with Crippen molar-refractivity contribution in [3.8, 4) is 0 Å². The predicted octanol–water partition coefficient (Wildman–Crippen LogP) is 2.41. The number of nitro groups is 1. The van der Waals surface area contributed by atoms with E-state index in [0.717, 1.165) is 16.6 Å². The van der Waals surface area contributed by atoms with Crippen molar-refractivity contribution in [2.75, 3.05) is 18.5 Å². The number of nitrogens with zero attached hydrogens (tertiary/aromatic N) is 3. The zero-order valence-corrected chi connectivity index (χ0v) is 14.0. The summed E-state index contributed by atoms with van der Waals surface area (Å²) >= 11 is 1.24. The first-order valence-corrected chi connectivity index (χ1v) is 8.25.